The molecule has 0 radical (unpaired) electrons. The molecule has 0 bridgehead atoms. The number of piperazine rings is 1. The van der Waals surface area contributed by atoms with Crippen LogP contribution < -0.4 is 0 Å². The summed E-state index contributed by atoms with van der Waals surface area (Å²) in [6.07, 6.45) is 5.46. The molecule has 3 rings (SSSR count). The number of β-amino-alcohol motifs (C(OH)–C–C–N with tert-alkyl or cyclic N) is 1. The van der Waals surface area contributed by atoms with E-state index >= 15 is 0 Å². The van der Waals surface area contributed by atoms with Gasteiger partial charge in [0, 0.05) is 48.3 Å². The van der Waals surface area contributed by atoms with Crippen molar-refractivity contribution in [2.45, 2.75) is 31.8 Å². The minimum Gasteiger partial charge on any atom is -0.393 e. The van der Waals surface area contributed by atoms with Crippen molar-refractivity contribution in [3.05, 3.63) is 39.4 Å². The smallest absolute Gasteiger partial charge is 0.144 e. The third kappa shape index (κ3) is 6.19. The van der Waals surface area contributed by atoms with Gasteiger partial charge in [-0.25, -0.2) is 0 Å². The Balaban J connectivity index is 1.57. The first-order valence-electron chi connectivity index (χ1n) is 9.95. The number of rotatable bonds is 6. The number of benzene rings is 1. The van der Waals surface area contributed by atoms with E-state index in [2.05, 4.69) is 22.0 Å². The van der Waals surface area contributed by atoms with E-state index in [1.54, 1.807) is 0 Å². The number of halogens is 2. The maximum Gasteiger partial charge on any atom is 0.144 e. The summed E-state index contributed by atoms with van der Waals surface area (Å²) in [5.41, 5.74) is 2.86. The Kier molecular flexibility index (Phi) is 8.18. The number of aliphatic hydroxyl groups excluding tert-OH is 1. The van der Waals surface area contributed by atoms with Crippen LogP contribution in [0.5, 0.6) is 0 Å². The van der Waals surface area contributed by atoms with Crippen LogP contribution in [0.2, 0.25) is 10.0 Å². The van der Waals surface area contributed by atoms with Crippen molar-refractivity contribution in [1.29, 1.82) is 0 Å². The van der Waals surface area contributed by atoms with Gasteiger partial charge in [0.2, 0.25) is 0 Å². The van der Waals surface area contributed by atoms with E-state index in [4.69, 9.17) is 28.0 Å². The van der Waals surface area contributed by atoms with E-state index in [1.807, 2.05) is 24.3 Å². The zero-order chi connectivity index (χ0) is 19.9. The predicted octanol–water partition coefficient (Wildman–Crippen LogP) is 3.93. The molecule has 1 saturated heterocycles. The highest BCUT2D eigenvalue weighted by Crippen LogP contribution is 2.30. The van der Waals surface area contributed by atoms with Crippen LogP contribution in [-0.2, 0) is 4.84 Å². The Hall–Kier alpha value is -1.11. The van der Waals surface area contributed by atoms with E-state index in [0.717, 1.165) is 68.7 Å². The van der Waals surface area contributed by atoms with Crippen LogP contribution in [-0.4, -0.2) is 73.1 Å². The first-order valence-corrected chi connectivity index (χ1v) is 10.7. The van der Waals surface area contributed by atoms with Gasteiger partial charge >= 0.3 is 0 Å². The fourth-order valence-electron chi connectivity index (χ4n) is 3.58. The normalized spacial score (nSPS) is 23.3. The van der Waals surface area contributed by atoms with Gasteiger partial charge in [0.1, 0.15) is 12.7 Å². The first-order chi connectivity index (χ1) is 13.5. The Bertz CT molecular complexity index is 695. The van der Waals surface area contributed by atoms with E-state index in [9.17, 15) is 5.11 Å². The van der Waals surface area contributed by atoms with Gasteiger partial charge in [-0.1, -0.05) is 34.4 Å². The fourth-order valence-corrected chi connectivity index (χ4v) is 4.08. The lowest BCUT2D eigenvalue weighted by atomic mass is 9.91. The van der Waals surface area contributed by atoms with Gasteiger partial charge in [0.25, 0.3) is 0 Å². The Morgan fingerprint density at radius 3 is 2.54 bits per heavy atom. The third-order valence-corrected chi connectivity index (χ3v) is 5.96. The largest absolute Gasteiger partial charge is 0.393 e. The molecular formula is C21H29Cl2N3O2. The van der Waals surface area contributed by atoms with Gasteiger partial charge < -0.3 is 14.8 Å². The van der Waals surface area contributed by atoms with Gasteiger partial charge in [-0.15, -0.1) is 0 Å². The van der Waals surface area contributed by atoms with Crippen molar-refractivity contribution in [2.24, 2.45) is 5.16 Å². The van der Waals surface area contributed by atoms with Crippen LogP contribution in [0.3, 0.4) is 0 Å². The molecule has 28 heavy (non-hydrogen) atoms. The SMILES string of the molecule is CN1CCN(CC(O)CO/N=C2\CCCC\C2=C/c2c(Cl)cccc2Cl)CC1. The van der Waals surface area contributed by atoms with Crippen molar-refractivity contribution in [3.8, 4) is 0 Å². The lowest BCUT2D eigenvalue weighted by molar-refractivity contribution is 0.0107. The summed E-state index contributed by atoms with van der Waals surface area (Å²) in [6, 6.07) is 5.52. The number of oxime groups is 1. The fraction of sp³-hybridized carbons (Fsp3) is 0.571. The van der Waals surface area contributed by atoms with Crippen LogP contribution >= 0.6 is 23.2 Å². The molecule has 7 heteroatoms. The van der Waals surface area contributed by atoms with Crippen molar-refractivity contribution in [3.63, 3.8) is 0 Å². The van der Waals surface area contributed by atoms with Crippen molar-refractivity contribution < 1.29 is 9.94 Å². The lowest BCUT2D eigenvalue weighted by Gasteiger charge is -2.33. The van der Waals surface area contributed by atoms with Crippen LogP contribution in [0, 0.1) is 0 Å². The molecule has 1 aromatic carbocycles. The number of hydrogen-bond donors (Lipinski definition) is 1. The summed E-state index contributed by atoms with van der Waals surface area (Å²) in [4.78, 5) is 10.1. The second-order valence-electron chi connectivity index (χ2n) is 7.60. The third-order valence-electron chi connectivity index (χ3n) is 5.31. The van der Waals surface area contributed by atoms with Crippen LogP contribution in [0.1, 0.15) is 31.2 Å². The van der Waals surface area contributed by atoms with E-state index < -0.39 is 6.10 Å². The minimum atomic E-state index is -0.540. The molecule has 1 atom stereocenters. The topological polar surface area (TPSA) is 48.3 Å². The zero-order valence-electron chi connectivity index (χ0n) is 16.4. The van der Waals surface area contributed by atoms with Gasteiger partial charge in [-0.2, -0.15) is 0 Å². The van der Waals surface area contributed by atoms with Gasteiger partial charge in [0.05, 0.1) is 5.71 Å². The summed E-state index contributed by atoms with van der Waals surface area (Å²) >= 11 is 12.6. The monoisotopic (exact) mass is 425 g/mol. The average molecular weight is 426 g/mol. The predicted molar refractivity (Wildman–Crippen MR) is 116 cm³/mol. The second-order valence-corrected chi connectivity index (χ2v) is 8.42. The summed E-state index contributed by atoms with van der Waals surface area (Å²) < 4.78 is 0. The molecule has 1 heterocycles. The van der Waals surface area contributed by atoms with Crippen LogP contribution in [0.25, 0.3) is 6.08 Å². The Labute approximate surface area is 177 Å². The van der Waals surface area contributed by atoms with Gasteiger partial charge in [-0.05, 0) is 56.5 Å². The molecule has 1 saturated carbocycles. The number of allylic oxidation sites excluding steroid dienone is 1. The summed E-state index contributed by atoms with van der Waals surface area (Å²) in [5, 5.41) is 15.9. The van der Waals surface area contributed by atoms with Crippen molar-refractivity contribution >= 4 is 35.0 Å². The summed E-state index contributed by atoms with van der Waals surface area (Å²) in [5.74, 6) is 0. The van der Waals surface area contributed by atoms with Crippen LogP contribution in [0.15, 0.2) is 28.9 Å². The molecule has 1 aromatic rings. The molecular weight excluding hydrogens is 397 g/mol. The molecule has 1 N–H and O–H groups in total. The average Bonchev–Trinajstić information content (AvgIpc) is 2.68. The molecule has 1 aliphatic carbocycles. The highest BCUT2D eigenvalue weighted by atomic mass is 35.5. The molecule has 0 aromatic heterocycles. The van der Waals surface area contributed by atoms with Crippen LogP contribution in [0.4, 0.5) is 0 Å². The number of nitrogens with zero attached hydrogens (tertiary/aromatic N) is 3. The van der Waals surface area contributed by atoms with Crippen molar-refractivity contribution in [1.82, 2.24) is 9.80 Å². The molecule has 2 fully saturated rings. The maximum atomic E-state index is 10.3. The molecule has 0 spiro atoms. The maximum absolute atomic E-state index is 10.3. The van der Waals surface area contributed by atoms with E-state index in [0.29, 0.717) is 16.6 Å². The van der Waals surface area contributed by atoms with Crippen molar-refractivity contribution in [2.75, 3.05) is 46.4 Å². The molecule has 5 nitrogen and oxygen atoms in total. The molecule has 154 valence electrons. The second kappa shape index (κ2) is 10.6. The quantitative estimate of drug-likeness (QED) is 0.701. The molecule has 1 aliphatic heterocycles. The Morgan fingerprint density at radius 2 is 1.82 bits per heavy atom. The lowest BCUT2D eigenvalue weighted by Crippen LogP contribution is -2.47. The molecule has 1 unspecified atom stereocenters. The molecule has 2 aliphatic rings. The standard InChI is InChI=1S/C21H29Cl2N3O2/c1-25-9-11-26(12-10-25)14-17(27)15-28-24-21-8-3-2-5-16(21)13-18-19(22)6-4-7-20(18)23/h4,6-7,13,17,27H,2-3,5,8-12,14-15H2,1H3/b16-13+,24-21+. The van der Waals surface area contributed by atoms with Gasteiger partial charge in [-0.3, -0.25) is 4.90 Å². The number of likely N-dealkylation sites (N-methyl/N-ethyl adjacent to an activating group) is 1. The minimum absolute atomic E-state index is 0.204. The summed E-state index contributed by atoms with van der Waals surface area (Å²) in [7, 11) is 2.12. The number of hydrogen-bond acceptors (Lipinski definition) is 5. The number of aliphatic hydroxyl groups is 1. The van der Waals surface area contributed by atoms with E-state index in [-0.39, 0.29) is 6.61 Å². The highest BCUT2D eigenvalue weighted by molar-refractivity contribution is 6.37. The Morgan fingerprint density at radius 1 is 1.14 bits per heavy atom. The highest BCUT2D eigenvalue weighted by Gasteiger charge is 2.18. The van der Waals surface area contributed by atoms with E-state index in [1.165, 1.54) is 0 Å². The van der Waals surface area contributed by atoms with Gasteiger partial charge in [0.15, 0.2) is 0 Å². The zero-order valence-corrected chi connectivity index (χ0v) is 17.9. The first kappa shape index (κ1) is 21.6. The molecule has 0 amide bonds. The summed E-state index contributed by atoms with van der Waals surface area (Å²) in [6.45, 7) is 4.86.